The predicted molar refractivity (Wildman–Crippen MR) is 74.7 cm³/mol. The van der Waals surface area contributed by atoms with Gasteiger partial charge in [-0.1, -0.05) is 6.07 Å². The van der Waals surface area contributed by atoms with Gasteiger partial charge in [-0.25, -0.2) is 0 Å². The van der Waals surface area contributed by atoms with Crippen molar-refractivity contribution in [3.05, 3.63) is 23.8 Å². The summed E-state index contributed by atoms with van der Waals surface area (Å²) in [6.45, 7) is 5.42. The molecule has 1 aromatic rings. The van der Waals surface area contributed by atoms with E-state index in [9.17, 15) is 5.11 Å². The minimum Gasteiger partial charge on any atom is -0.493 e. The molecule has 0 radical (unpaired) electrons. The summed E-state index contributed by atoms with van der Waals surface area (Å²) in [6.07, 6.45) is 1.62. The van der Waals surface area contributed by atoms with Crippen LogP contribution in [0.2, 0.25) is 0 Å². The van der Waals surface area contributed by atoms with Crippen LogP contribution in [0.15, 0.2) is 18.2 Å². The number of likely N-dealkylation sites (tertiary alicyclic amines) is 1. The monoisotopic (exact) mass is 265 g/mol. The fourth-order valence-corrected chi connectivity index (χ4v) is 2.42. The molecule has 0 spiro atoms. The molecule has 0 aromatic heterocycles. The molecular weight excluding hydrogens is 242 g/mol. The zero-order chi connectivity index (χ0) is 13.7. The Bertz CT molecular complexity index is 400. The number of nitrogens with zero attached hydrogens (tertiary/aromatic N) is 1. The van der Waals surface area contributed by atoms with E-state index in [-0.39, 0.29) is 6.10 Å². The molecule has 1 saturated heterocycles. The average Bonchev–Trinajstić information content (AvgIpc) is 2.42. The van der Waals surface area contributed by atoms with Gasteiger partial charge in [0, 0.05) is 19.6 Å². The molecule has 4 heteroatoms. The molecule has 0 atom stereocenters. The molecule has 0 saturated carbocycles. The zero-order valence-corrected chi connectivity index (χ0v) is 11.8. The summed E-state index contributed by atoms with van der Waals surface area (Å²) in [7, 11) is 1.66. The smallest absolute Gasteiger partial charge is 0.161 e. The van der Waals surface area contributed by atoms with Crippen LogP contribution in [0.25, 0.3) is 0 Å². The number of aliphatic hydroxyl groups excluding tert-OH is 1. The molecule has 1 aliphatic rings. The molecule has 0 amide bonds. The van der Waals surface area contributed by atoms with Crippen molar-refractivity contribution in [2.75, 3.05) is 26.8 Å². The van der Waals surface area contributed by atoms with Crippen LogP contribution in [-0.2, 0) is 6.54 Å². The number of aliphatic hydroxyl groups is 1. The van der Waals surface area contributed by atoms with E-state index in [1.54, 1.807) is 7.11 Å². The molecule has 1 aliphatic heterocycles. The topological polar surface area (TPSA) is 41.9 Å². The van der Waals surface area contributed by atoms with Crippen LogP contribution in [0.3, 0.4) is 0 Å². The van der Waals surface area contributed by atoms with Crippen molar-refractivity contribution in [1.82, 2.24) is 4.90 Å². The van der Waals surface area contributed by atoms with Crippen molar-refractivity contribution in [2.24, 2.45) is 0 Å². The molecule has 2 rings (SSSR count). The Morgan fingerprint density at radius 2 is 2.00 bits per heavy atom. The van der Waals surface area contributed by atoms with Gasteiger partial charge >= 0.3 is 0 Å². The number of benzene rings is 1. The second-order valence-electron chi connectivity index (χ2n) is 4.93. The first kappa shape index (κ1) is 14.2. The summed E-state index contributed by atoms with van der Waals surface area (Å²) in [4.78, 5) is 2.37. The van der Waals surface area contributed by atoms with E-state index in [4.69, 9.17) is 9.47 Å². The van der Waals surface area contributed by atoms with Crippen molar-refractivity contribution in [3.8, 4) is 11.5 Å². The van der Waals surface area contributed by atoms with Crippen molar-refractivity contribution in [2.45, 2.75) is 32.4 Å². The van der Waals surface area contributed by atoms with Gasteiger partial charge in [-0.15, -0.1) is 0 Å². The van der Waals surface area contributed by atoms with Crippen LogP contribution >= 0.6 is 0 Å². The lowest BCUT2D eigenvalue weighted by molar-refractivity contribution is 0.0792. The van der Waals surface area contributed by atoms with Gasteiger partial charge in [0.25, 0.3) is 0 Å². The highest BCUT2D eigenvalue weighted by Gasteiger charge is 2.17. The number of ether oxygens (including phenoxy) is 2. The second kappa shape index (κ2) is 6.78. The Morgan fingerprint density at radius 3 is 2.63 bits per heavy atom. The summed E-state index contributed by atoms with van der Waals surface area (Å²) in [5.41, 5.74) is 1.22. The summed E-state index contributed by atoms with van der Waals surface area (Å²) < 4.78 is 10.9. The third-order valence-electron chi connectivity index (χ3n) is 3.49. The highest BCUT2D eigenvalue weighted by atomic mass is 16.5. The van der Waals surface area contributed by atoms with Gasteiger partial charge in [0.1, 0.15) is 0 Å². The summed E-state index contributed by atoms with van der Waals surface area (Å²) in [6, 6.07) is 6.08. The van der Waals surface area contributed by atoms with Gasteiger partial charge in [0.2, 0.25) is 0 Å². The minimum absolute atomic E-state index is 0.119. The van der Waals surface area contributed by atoms with Crippen LogP contribution < -0.4 is 9.47 Å². The largest absolute Gasteiger partial charge is 0.493 e. The average molecular weight is 265 g/mol. The fraction of sp³-hybridized carbons (Fsp3) is 0.600. The normalized spacial score (nSPS) is 17.4. The number of methoxy groups -OCH3 is 1. The number of rotatable bonds is 5. The summed E-state index contributed by atoms with van der Waals surface area (Å²) in [5, 5.41) is 9.51. The van der Waals surface area contributed by atoms with Crippen LogP contribution in [0, 0.1) is 0 Å². The molecule has 1 fully saturated rings. The van der Waals surface area contributed by atoms with E-state index in [0.29, 0.717) is 6.61 Å². The van der Waals surface area contributed by atoms with Gasteiger partial charge in [0.15, 0.2) is 11.5 Å². The van der Waals surface area contributed by atoms with Crippen LogP contribution in [0.4, 0.5) is 0 Å². The number of piperidine rings is 1. The highest BCUT2D eigenvalue weighted by Crippen LogP contribution is 2.28. The lowest BCUT2D eigenvalue weighted by Crippen LogP contribution is -2.35. The van der Waals surface area contributed by atoms with E-state index in [2.05, 4.69) is 11.0 Å². The maximum atomic E-state index is 9.51. The van der Waals surface area contributed by atoms with Crippen LogP contribution in [0.5, 0.6) is 11.5 Å². The maximum Gasteiger partial charge on any atom is 0.161 e. The van der Waals surface area contributed by atoms with Gasteiger partial charge in [0.05, 0.1) is 19.8 Å². The summed E-state index contributed by atoms with van der Waals surface area (Å²) >= 11 is 0. The Balaban J connectivity index is 2.02. The van der Waals surface area contributed by atoms with Crippen molar-refractivity contribution in [1.29, 1.82) is 0 Å². The first-order chi connectivity index (χ1) is 9.22. The van der Waals surface area contributed by atoms with Gasteiger partial charge in [-0.3, -0.25) is 4.90 Å². The highest BCUT2D eigenvalue weighted by molar-refractivity contribution is 5.42. The van der Waals surface area contributed by atoms with E-state index in [1.165, 1.54) is 5.56 Å². The Labute approximate surface area is 114 Å². The van der Waals surface area contributed by atoms with Crippen molar-refractivity contribution in [3.63, 3.8) is 0 Å². The Hall–Kier alpha value is -1.26. The molecule has 4 nitrogen and oxygen atoms in total. The van der Waals surface area contributed by atoms with Gasteiger partial charge in [-0.2, -0.15) is 0 Å². The molecule has 1 heterocycles. The second-order valence-corrected chi connectivity index (χ2v) is 4.93. The molecule has 0 aliphatic carbocycles. The third-order valence-corrected chi connectivity index (χ3v) is 3.49. The Morgan fingerprint density at radius 1 is 1.26 bits per heavy atom. The summed E-state index contributed by atoms with van der Waals surface area (Å²) in [5.74, 6) is 1.58. The van der Waals surface area contributed by atoms with Crippen LogP contribution in [0.1, 0.15) is 25.3 Å². The molecule has 0 unspecified atom stereocenters. The molecule has 1 N–H and O–H groups in total. The molecule has 19 heavy (non-hydrogen) atoms. The first-order valence-corrected chi connectivity index (χ1v) is 6.93. The zero-order valence-electron chi connectivity index (χ0n) is 11.8. The van der Waals surface area contributed by atoms with Crippen molar-refractivity contribution < 1.29 is 14.6 Å². The van der Waals surface area contributed by atoms with Gasteiger partial charge < -0.3 is 14.6 Å². The third kappa shape index (κ3) is 3.85. The first-order valence-electron chi connectivity index (χ1n) is 6.93. The van der Waals surface area contributed by atoms with E-state index in [1.807, 2.05) is 19.1 Å². The van der Waals surface area contributed by atoms with Crippen LogP contribution in [-0.4, -0.2) is 42.9 Å². The lowest BCUT2D eigenvalue weighted by Gasteiger charge is -2.29. The number of hydrogen-bond donors (Lipinski definition) is 1. The molecular formula is C15H23NO3. The quantitative estimate of drug-likeness (QED) is 0.885. The number of hydrogen-bond acceptors (Lipinski definition) is 4. The van der Waals surface area contributed by atoms with E-state index < -0.39 is 0 Å². The van der Waals surface area contributed by atoms with Gasteiger partial charge in [-0.05, 0) is 37.5 Å². The predicted octanol–water partition coefficient (Wildman–Crippen LogP) is 2.05. The van der Waals surface area contributed by atoms with E-state index in [0.717, 1.165) is 44.0 Å². The Kier molecular flexibility index (Phi) is 5.05. The SMILES string of the molecule is CCOc1cc(CN2CCC(O)CC2)ccc1OC. The van der Waals surface area contributed by atoms with Crippen molar-refractivity contribution >= 4 is 0 Å². The molecule has 0 bridgehead atoms. The fourth-order valence-electron chi connectivity index (χ4n) is 2.42. The van der Waals surface area contributed by atoms with E-state index >= 15 is 0 Å². The molecule has 1 aromatic carbocycles. The maximum absolute atomic E-state index is 9.51. The molecule has 106 valence electrons. The minimum atomic E-state index is -0.119. The lowest BCUT2D eigenvalue weighted by atomic mass is 10.1. The standard InChI is InChI=1S/C15H23NO3/c1-3-19-15-10-12(4-5-14(15)18-2)11-16-8-6-13(17)7-9-16/h4-5,10,13,17H,3,6-9,11H2,1-2H3.